The fourth-order valence-corrected chi connectivity index (χ4v) is 4.89. The van der Waals surface area contributed by atoms with Crippen LogP contribution in [-0.2, 0) is 11.3 Å². The van der Waals surface area contributed by atoms with Crippen LogP contribution >= 0.6 is 12.2 Å². The molecule has 2 fully saturated rings. The Morgan fingerprint density at radius 1 is 1.16 bits per heavy atom. The number of aromatic nitrogens is 2. The Morgan fingerprint density at radius 2 is 2.03 bits per heavy atom. The predicted octanol–water partition coefficient (Wildman–Crippen LogP) is 4.25. The van der Waals surface area contributed by atoms with Crippen LogP contribution in [0.1, 0.15) is 36.3 Å². The molecule has 0 spiro atoms. The molecule has 3 atom stereocenters. The maximum Gasteiger partial charge on any atom is 0.174 e. The number of benzene rings is 1. The van der Waals surface area contributed by atoms with E-state index in [-0.39, 0.29) is 18.2 Å². The number of methoxy groups -OCH3 is 1. The van der Waals surface area contributed by atoms with Crippen molar-refractivity contribution in [1.29, 1.82) is 0 Å². The van der Waals surface area contributed by atoms with Gasteiger partial charge in [-0.25, -0.2) is 0 Å². The smallest absolute Gasteiger partial charge is 0.174 e. The summed E-state index contributed by atoms with van der Waals surface area (Å²) in [6, 6.07) is 18.2. The summed E-state index contributed by atoms with van der Waals surface area (Å²) < 4.78 is 13.6. The highest BCUT2D eigenvalue weighted by Gasteiger charge is 2.42. The van der Waals surface area contributed by atoms with E-state index in [1.807, 2.05) is 42.6 Å². The van der Waals surface area contributed by atoms with Crippen LogP contribution in [0.3, 0.4) is 0 Å². The van der Waals surface area contributed by atoms with E-state index in [9.17, 15) is 0 Å². The van der Waals surface area contributed by atoms with Gasteiger partial charge in [-0.2, -0.15) is 0 Å². The first-order valence-corrected chi connectivity index (χ1v) is 11.1. The quantitative estimate of drug-likeness (QED) is 0.586. The second-order valence-electron chi connectivity index (χ2n) is 7.92. The van der Waals surface area contributed by atoms with Crippen molar-refractivity contribution >= 4 is 23.0 Å². The highest BCUT2D eigenvalue weighted by atomic mass is 32.1. The third-order valence-electron chi connectivity index (χ3n) is 6.04. The summed E-state index contributed by atoms with van der Waals surface area (Å²) in [4.78, 5) is 6.83. The molecule has 2 aromatic heterocycles. The number of ether oxygens (including phenoxy) is 2. The van der Waals surface area contributed by atoms with Gasteiger partial charge in [0.05, 0.1) is 24.9 Å². The number of anilines is 1. The Hall–Kier alpha value is -2.90. The number of pyridine rings is 1. The molecule has 31 heavy (non-hydrogen) atoms. The van der Waals surface area contributed by atoms with Crippen molar-refractivity contribution in [2.24, 2.45) is 0 Å². The average molecular weight is 435 g/mol. The first-order chi connectivity index (χ1) is 15.2. The van der Waals surface area contributed by atoms with Gasteiger partial charge in [-0.15, -0.1) is 0 Å². The first-order valence-electron chi connectivity index (χ1n) is 10.7. The molecule has 2 aliphatic heterocycles. The van der Waals surface area contributed by atoms with Crippen LogP contribution in [0.5, 0.6) is 5.75 Å². The number of nitrogens with zero attached hydrogens (tertiary/aromatic N) is 3. The fourth-order valence-electron chi connectivity index (χ4n) is 4.55. The largest absolute Gasteiger partial charge is 0.497 e. The van der Waals surface area contributed by atoms with Crippen molar-refractivity contribution in [3.05, 3.63) is 78.4 Å². The van der Waals surface area contributed by atoms with E-state index in [0.29, 0.717) is 5.11 Å². The minimum absolute atomic E-state index is 0.0350. The standard InChI is InChI=1S/C24H26N4O2S/c1-29-18-11-9-17(10-12-18)28-23(22(26-24(28)31)20-7-2-3-13-25-20)21-8-4-14-27(21)16-19-6-5-15-30-19/h2-4,7-14,19,22-23H,5-6,15-16H2,1H3,(H,26,31)/t19-,22+,23-/m0/s1. The Balaban J connectivity index is 1.56. The van der Waals surface area contributed by atoms with Crippen LogP contribution in [0, 0.1) is 0 Å². The monoisotopic (exact) mass is 434 g/mol. The molecule has 0 bridgehead atoms. The number of hydrogen-bond donors (Lipinski definition) is 1. The van der Waals surface area contributed by atoms with Gasteiger partial charge in [0.1, 0.15) is 11.8 Å². The van der Waals surface area contributed by atoms with E-state index in [2.05, 4.69) is 44.2 Å². The number of hydrogen-bond acceptors (Lipinski definition) is 4. The van der Waals surface area contributed by atoms with Crippen molar-refractivity contribution in [3.8, 4) is 5.75 Å². The van der Waals surface area contributed by atoms with E-state index in [1.54, 1.807) is 7.11 Å². The molecule has 0 unspecified atom stereocenters. The molecule has 4 heterocycles. The molecule has 0 amide bonds. The highest BCUT2D eigenvalue weighted by Crippen LogP contribution is 2.42. The van der Waals surface area contributed by atoms with E-state index >= 15 is 0 Å². The second-order valence-corrected chi connectivity index (χ2v) is 8.30. The zero-order valence-corrected chi connectivity index (χ0v) is 18.3. The number of thiocarbonyl (C=S) groups is 1. The molecular formula is C24H26N4O2S. The van der Waals surface area contributed by atoms with Crippen molar-refractivity contribution < 1.29 is 9.47 Å². The second kappa shape index (κ2) is 8.69. The van der Waals surface area contributed by atoms with Crippen LogP contribution in [0.2, 0.25) is 0 Å². The molecule has 2 aliphatic rings. The normalized spacial score (nSPS) is 23.2. The van der Waals surface area contributed by atoms with Gasteiger partial charge in [0, 0.05) is 36.9 Å². The van der Waals surface area contributed by atoms with Crippen molar-refractivity contribution in [2.45, 2.75) is 37.6 Å². The summed E-state index contributed by atoms with van der Waals surface area (Å²) >= 11 is 5.82. The first kappa shape index (κ1) is 20.0. The summed E-state index contributed by atoms with van der Waals surface area (Å²) in [5, 5.41) is 4.22. The van der Waals surface area contributed by atoms with E-state index in [4.69, 9.17) is 21.7 Å². The SMILES string of the molecule is COc1ccc(N2C(=S)N[C@H](c3ccccn3)[C@@H]2c2cccn2C[C@@H]2CCCO2)cc1. The summed E-state index contributed by atoms with van der Waals surface area (Å²) in [5.41, 5.74) is 3.18. The number of nitrogens with one attached hydrogen (secondary N) is 1. The van der Waals surface area contributed by atoms with Gasteiger partial charge in [0.25, 0.3) is 0 Å². The Bertz CT molecular complexity index is 1030. The van der Waals surface area contributed by atoms with Crippen LogP contribution in [0.4, 0.5) is 5.69 Å². The Kier molecular flexibility index (Phi) is 5.61. The lowest BCUT2D eigenvalue weighted by Gasteiger charge is -2.29. The molecule has 2 saturated heterocycles. The third-order valence-corrected chi connectivity index (χ3v) is 6.36. The molecule has 1 aromatic carbocycles. The lowest BCUT2D eigenvalue weighted by atomic mass is 10.0. The van der Waals surface area contributed by atoms with Gasteiger partial charge >= 0.3 is 0 Å². The summed E-state index contributed by atoms with van der Waals surface area (Å²) in [7, 11) is 1.68. The third kappa shape index (κ3) is 3.91. The maximum atomic E-state index is 5.91. The summed E-state index contributed by atoms with van der Waals surface area (Å²) in [6.07, 6.45) is 6.46. The molecule has 7 heteroatoms. The van der Waals surface area contributed by atoms with Gasteiger partial charge in [0.2, 0.25) is 0 Å². The van der Waals surface area contributed by atoms with E-state index in [0.717, 1.165) is 43.1 Å². The van der Waals surface area contributed by atoms with Crippen LogP contribution in [0.15, 0.2) is 67.0 Å². The molecule has 3 aromatic rings. The van der Waals surface area contributed by atoms with E-state index in [1.165, 1.54) is 5.69 Å². The van der Waals surface area contributed by atoms with Gasteiger partial charge in [-0.05, 0) is 73.6 Å². The minimum Gasteiger partial charge on any atom is -0.497 e. The van der Waals surface area contributed by atoms with Crippen LogP contribution in [-0.4, -0.2) is 34.5 Å². The summed E-state index contributed by atoms with van der Waals surface area (Å²) in [6.45, 7) is 1.70. The molecule has 5 rings (SSSR count). The predicted molar refractivity (Wildman–Crippen MR) is 124 cm³/mol. The zero-order chi connectivity index (χ0) is 21.2. The van der Waals surface area contributed by atoms with Gasteiger partial charge in [0.15, 0.2) is 5.11 Å². The molecule has 0 aliphatic carbocycles. The maximum absolute atomic E-state index is 5.91. The van der Waals surface area contributed by atoms with Crippen LogP contribution < -0.4 is 15.0 Å². The lowest BCUT2D eigenvalue weighted by molar-refractivity contribution is 0.0961. The molecule has 0 saturated carbocycles. The van der Waals surface area contributed by atoms with Crippen LogP contribution in [0.25, 0.3) is 0 Å². The van der Waals surface area contributed by atoms with Crippen molar-refractivity contribution in [1.82, 2.24) is 14.9 Å². The molecule has 0 radical (unpaired) electrons. The molecule has 6 nitrogen and oxygen atoms in total. The van der Waals surface area contributed by atoms with E-state index < -0.39 is 0 Å². The van der Waals surface area contributed by atoms with Gasteiger partial charge in [-0.3, -0.25) is 4.98 Å². The average Bonchev–Trinajstić information content (AvgIpc) is 3.55. The molecule has 1 N–H and O–H groups in total. The Labute approximate surface area is 187 Å². The van der Waals surface area contributed by atoms with Crippen molar-refractivity contribution in [2.75, 3.05) is 18.6 Å². The Morgan fingerprint density at radius 3 is 2.74 bits per heavy atom. The number of rotatable bonds is 6. The van der Waals surface area contributed by atoms with Crippen molar-refractivity contribution in [3.63, 3.8) is 0 Å². The van der Waals surface area contributed by atoms with Gasteiger partial charge in [-0.1, -0.05) is 6.07 Å². The lowest BCUT2D eigenvalue weighted by Crippen LogP contribution is -2.31. The molecule has 160 valence electrons. The summed E-state index contributed by atoms with van der Waals surface area (Å²) in [5.74, 6) is 0.821. The highest BCUT2D eigenvalue weighted by molar-refractivity contribution is 7.80. The minimum atomic E-state index is -0.0612. The zero-order valence-electron chi connectivity index (χ0n) is 17.5. The fraction of sp³-hybridized carbons (Fsp3) is 0.333. The molecular weight excluding hydrogens is 408 g/mol. The van der Waals surface area contributed by atoms with Gasteiger partial charge < -0.3 is 24.3 Å². The topological polar surface area (TPSA) is 51.5 Å².